The molecule has 1 N–H and O–H groups in total. The van der Waals surface area contributed by atoms with Gasteiger partial charge in [-0.1, -0.05) is 42.5 Å². The molecule has 0 fully saturated rings. The number of hydrogen-bond donors (Lipinski definition) is 1. The van der Waals surface area contributed by atoms with Crippen molar-refractivity contribution in [2.24, 2.45) is 0 Å². The molecule has 2 heteroatoms. The first kappa shape index (κ1) is 11.6. The fourth-order valence-electron chi connectivity index (χ4n) is 1.99. The molecule has 2 nitrogen and oxygen atoms in total. The average molecular weight is 249 g/mol. The molecule has 19 heavy (non-hydrogen) atoms. The SMILES string of the molecule is C1=CNc2ccc(OCc3ccccc3)cc2C=C1. The fourth-order valence-corrected chi connectivity index (χ4v) is 1.99. The van der Waals surface area contributed by atoms with Crippen LogP contribution < -0.4 is 10.1 Å². The highest BCUT2D eigenvalue weighted by Gasteiger charge is 2.03. The molecule has 0 amide bonds. The lowest BCUT2D eigenvalue weighted by molar-refractivity contribution is 0.306. The molecule has 0 unspecified atom stereocenters. The van der Waals surface area contributed by atoms with E-state index in [4.69, 9.17) is 4.74 Å². The number of allylic oxidation sites excluding steroid dienone is 2. The lowest BCUT2D eigenvalue weighted by Gasteiger charge is -2.10. The summed E-state index contributed by atoms with van der Waals surface area (Å²) in [4.78, 5) is 0. The third kappa shape index (κ3) is 2.86. The van der Waals surface area contributed by atoms with Crippen molar-refractivity contribution in [3.05, 3.63) is 78.0 Å². The van der Waals surface area contributed by atoms with Gasteiger partial charge in [-0.2, -0.15) is 0 Å². The summed E-state index contributed by atoms with van der Waals surface area (Å²) in [5.41, 5.74) is 3.40. The third-order valence-corrected chi connectivity index (χ3v) is 2.99. The van der Waals surface area contributed by atoms with Crippen LogP contribution in [0.3, 0.4) is 0 Å². The molecule has 0 spiro atoms. The van der Waals surface area contributed by atoms with Crippen LogP contribution in [0, 0.1) is 0 Å². The van der Waals surface area contributed by atoms with Gasteiger partial charge in [0.15, 0.2) is 0 Å². The molecular weight excluding hydrogens is 234 g/mol. The van der Waals surface area contributed by atoms with Crippen LogP contribution in [0.4, 0.5) is 5.69 Å². The average Bonchev–Trinajstić information content (AvgIpc) is 2.71. The first-order chi connectivity index (χ1) is 9.42. The minimum atomic E-state index is 0.592. The third-order valence-electron chi connectivity index (χ3n) is 2.99. The zero-order valence-corrected chi connectivity index (χ0v) is 10.5. The van der Waals surface area contributed by atoms with E-state index in [1.165, 1.54) is 5.56 Å². The normalized spacial score (nSPS) is 12.4. The maximum Gasteiger partial charge on any atom is 0.120 e. The Kier molecular flexibility index (Phi) is 3.32. The minimum absolute atomic E-state index is 0.592. The van der Waals surface area contributed by atoms with Crippen LogP contribution in [0.2, 0.25) is 0 Å². The number of rotatable bonds is 3. The van der Waals surface area contributed by atoms with Crippen LogP contribution in [-0.4, -0.2) is 0 Å². The molecule has 3 rings (SSSR count). The van der Waals surface area contributed by atoms with E-state index in [1.54, 1.807) is 0 Å². The summed E-state index contributed by atoms with van der Waals surface area (Å²) in [5.74, 6) is 0.885. The van der Waals surface area contributed by atoms with Gasteiger partial charge in [-0.3, -0.25) is 0 Å². The Morgan fingerprint density at radius 2 is 1.84 bits per heavy atom. The van der Waals surface area contributed by atoms with E-state index in [2.05, 4.69) is 29.6 Å². The van der Waals surface area contributed by atoms with Crippen molar-refractivity contribution in [3.8, 4) is 5.75 Å². The maximum atomic E-state index is 5.82. The molecule has 1 heterocycles. The molecule has 0 aliphatic carbocycles. The Labute approximate surface area is 113 Å². The summed E-state index contributed by atoms with van der Waals surface area (Å²) in [7, 11) is 0. The van der Waals surface area contributed by atoms with Crippen molar-refractivity contribution in [2.45, 2.75) is 6.61 Å². The molecule has 0 saturated heterocycles. The number of nitrogens with one attached hydrogen (secondary N) is 1. The van der Waals surface area contributed by atoms with Gasteiger partial charge in [0, 0.05) is 17.5 Å². The molecule has 0 radical (unpaired) electrons. The van der Waals surface area contributed by atoms with Crippen molar-refractivity contribution < 1.29 is 4.74 Å². The molecular formula is C17H15NO. The fraction of sp³-hybridized carbons (Fsp3) is 0.0588. The number of anilines is 1. The Balaban J connectivity index is 1.74. The van der Waals surface area contributed by atoms with Crippen molar-refractivity contribution in [3.63, 3.8) is 0 Å². The standard InChI is InChI=1S/C17H15NO/c1-2-6-14(7-3-1)13-19-16-9-10-17-15(12-16)8-4-5-11-18-17/h1-12,18H,13H2. The monoisotopic (exact) mass is 249 g/mol. The van der Waals surface area contributed by atoms with Crippen molar-refractivity contribution in [2.75, 3.05) is 5.32 Å². The van der Waals surface area contributed by atoms with Crippen LogP contribution >= 0.6 is 0 Å². The van der Waals surface area contributed by atoms with Gasteiger partial charge in [0.1, 0.15) is 12.4 Å². The summed E-state index contributed by atoms with van der Waals surface area (Å²) in [5, 5.41) is 3.23. The number of hydrogen-bond acceptors (Lipinski definition) is 2. The van der Waals surface area contributed by atoms with E-state index in [9.17, 15) is 0 Å². The lowest BCUT2D eigenvalue weighted by Crippen LogP contribution is -1.96. The second-order valence-electron chi connectivity index (χ2n) is 4.39. The van der Waals surface area contributed by atoms with E-state index in [-0.39, 0.29) is 0 Å². The molecule has 1 aliphatic rings. The molecule has 0 saturated carbocycles. The summed E-state index contributed by atoms with van der Waals surface area (Å²) in [6.07, 6.45) is 7.98. The van der Waals surface area contributed by atoms with E-state index in [1.807, 2.05) is 48.7 Å². The topological polar surface area (TPSA) is 21.3 Å². The highest BCUT2D eigenvalue weighted by atomic mass is 16.5. The van der Waals surface area contributed by atoms with Gasteiger partial charge in [-0.15, -0.1) is 0 Å². The first-order valence-electron chi connectivity index (χ1n) is 6.32. The minimum Gasteiger partial charge on any atom is -0.489 e. The predicted molar refractivity (Wildman–Crippen MR) is 79.0 cm³/mol. The predicted octanol–water partition coefficient (Wildman–Crippen LogP) is 4.22. The summed E-state index contributed by atoms with van der Waals surface area (Å²) < 4.78 is 5.82. The van der Waals surface area contributed by atoms with E-state index >= 15 is 0 Å². The maximum absolute atomic E-state index is 5.82. The Bertz CT molecular complexity index is 614. The number of ether oxygens (including phenoxy) is 1. The van der Waals surface area contributed by atoms with Gasteiger partial charge in [0.25, 0.3) is 0 Å². The highest BCUT2D eigenvalue weighted by Crippen LogP contribution is 2.25. The van der Waals surface area contributed by atoms with Gasteiger partial charge in [-0.05, 0) is 29.8 Å². The summed E-state index contributed by atoms with van der Waals surface area (Å²) in [6.45, 7) is 0.592. The molecule has 2 aromatic rings. The zero-order valence-electron chi connectivity index (χ0n) is 10.5. The Morgan fingerprint density at radius 3 is 2.74 bits per heavy atom. The second kappa shape index (κ2) is 5.44. The van der Waals surface area contributed by atoms with Crippen LogP contribution in [0.5, 0.6) is 5.75 Å². The zero-order chi connectivity index (χ0) is 12.9. The quantitative estimate of drug-likeness (QED) is 0.879. The van der Waals surface area contributed by atoms with E-state index in [0.29, 0.717) is 6.61 Å². The van der Waals surface area contributed by atoms with Gasteiger partial charge < -0.3 is 10.1 Å². The first-order valence-corrected chi connectivity index (χ1v) is 6.32. The van der Waals surface area contributed by atoms with Crippen LogP contribution in [-0.2, 0) is 6.61 Å². The summed E-state index contributed by atoms with van der Waals surface area (Å²) in [6, 6.07) is 16.3. The van der Waals surface area contributed by atoms with Crippen LogP contribution in [0.1, 0.15) is 11.1 Å². The van der Waals surface area contributed by atoms with Crippen molar-refractivity contribution in [1.29, 1.82) is 0 Å². The molecule has 0 bridgehead atoms. The molecule has 1 aliphatic heterocycles. The van der Waals surface area contributed by atoms with E-state index in [0.717, 1.165) is 17.0 Å². The van der Waals surface area contributed by atoms with Gasteiger partial charge in [0.05, 0.1) is 0 Å². The number of benzene rings is 2. The van der Waals surface area contributed by atoms with E-state index < -0.39 is 0 Å². The molecule has 0 atom stereocenters. The molecule has 94 valence electrons. The van der Waals surface area contributed by atoms with Crippen molar-refractivity contribution in [1.82, 2.24) is 0 Å². The largest absolute Gasteiger partial charge is 0.489 e. The van der Waals surface area contributed by atoms with Crippen molar-refractivity contribution >= 4 is 11.8 Å². The highest BCUT2D eigenvalue weighted by molar-refractivity contribution is 5.71. The molecule has 0 aromatic heterocycles. The van der Waals surface area contributed by atoms with Gasteiger partial charge in [-0.25, -0.2) is 0 Å². The second-order valence-corrected chi connectivity index (χ2v) is 4.39. The smallest absolute Gasteiger partial charge is 0.120 e. The number of fused-ring (bicyclic) bond motifs is 1. The van der Waals surface area contributed by atoms with Gasteiger partial charge in [0.2, 0.25) is 0 Å². The van der Waals surface area contributed by atoms with Gasteiger partial charge >= 0.3 is 0 Å². The lowest BCUT2D eigenvalue weighted by atomic mass is 10.1. The van der Waals surface area contributed by atoms with Crippen LogP contribution in [0.25, 0.3) is 6.08 Å². The summed E-state index contributed by atoms with van der Waals surface area (Å²) >= 11 is 0. The molecule has 2 aromatic carbocycles. The Hall–Kier alpha value is -2.48. The Morgan fingerprint density at radius 1 is 0.947 bits per heavy atom. The van der Waals surface area contributed by atoms with Crippen LogP contribution in [0.15, 0.2) is 66.9 Å².